The first-order valence-electron chi connectivity index (χ1n) is 7.39. The Morgan fingerprint density at radius 2 is 2.18 bits per heavy atom. The maximum absolute atomic E-state index is 9.42. The molecule has 22 heavy (non-hydrogen) atoms. The zero-order valence-electron chi connectivity index (χ0n) is 12.2. The van der Waals surface area contributed by atoms with Crippen LogP contribution in [0.5, 0.6) is 0 Å². The first kappa shape index (κ1) is 15.7. The van der Waals surface area contributed by atoms with Gasteiger partial charge in [-0.2, -0.15) is 5.26 Å². The molecule has 1 aromatic heterocycles. The number of halogens is 1. The van der Waals surface area contributed by atoms with E-state index < -0.39 is 0 Å². The summed E-state index contributed by atoms with van der Waals surface area (Å²) in [6.07, 6.45) is 3.56. The number of nitriles is 1. The van der Waals surface area contributed by atoms with Crippen LogP contribution in [0.3, 0.4) is 0 Å². The van der Waals surface area contributed by atoms with E-state index in [9.17, 15) is 5.26 Å². The van der Waals surface area contributed by atoms with E-state index in [1.165, 1.54) is 0 Å². The van der Waals surface area contributed by atoms with Crippen LogP contribution in [0.2, 0.25) is 5.02 Å². The van der Waals surface area contributed by atoms with E-state index in [-0.39, 0.29) is 5.41 Å². The highest BCUT2D eigenvalue weighted by molar-refractivity contribution is 7.99. The quantitative estimate of drug-likeness (QED) is 0.586. The number of benzene rings is 1. The average molecular weight is 337 g/mol. The molecule has 0 amide bonds. The van der Waals surface area contributed by atoms with Gasteiger partial charge in [0.1, 0.15) is 5.52 Å². The number of hydrogen-bond acceptors (Lipinski definition) is 5. The summed E-state index contributed by atoms with van der Waals surface area (Å²) in [6.45, 7) is 1.40. The topological polar surface area (TPSA) is 59.0 Å². The van der Waals surface area contributed by atoms with Crippen LogP contribution >= 0.6 is 23.4 Å². The van der Waals surface area contributed by atoms with Crippen molar-refractivity contribution in [2.45, 2.75) is 30.9 Å². The van der Waals surface area contributed by atoms with Gasteiger partial charge in [0.25, 0.3) is 5.22 Å². The normalized spacial score (nSPS) is 17.5. The molecule has 1 aliphatic rings. The minimum Gasteiger partial charge on any atom is -0.431 e. The first-order chi connectivity index (χ1) is 10.7. The first-order valence-corrected chi connectivity index (χ1v) is 8.75. The predicted molar refractivity (Wildman–Crippen MR) is 87.1 cm³/mol. The second-order valence-electron chi connectivity index (χ2n) is 5.55. The van der Waals surface area contributed by atoms with Crippen LogP contribution in [0.4, 0.5) is 0 Å². The molecule has 1 fully saturated rings. The Morgan fingerprint density at radius 3 is 2.95 bits per heavy atom. The lowest BCUT2D eigenvalue weighted by Gasteiger charge is -2.30. The van der Waals surface area contributed by atoms with Crippen LogP contribution in [-0.2, 0) is 4.74 Å². The van der Waals surface area contributed by atoms with Crippen molar-refractivity contribution < 1.29 is 9.15 Å². The fourth-order valence-electron chi connectivity index (χ4n) is 2.69. The van der Waals surface area contributed by atoms with Crippen molar-refractivity contribution in [1.29, 1.82) is 5.26 Å². The Hall–Kier alpha value is -1.22. The van der Waals surface area contributed by atoms with Gasteiger partial charge in [-0.15, -0.1) is 0 Å². The van der Waals surface area contributed by atoms with E-state index in [1.54, 1.807) is 23.9 Å². The number of rotatable bonds is 5. The molecule has 0 aliphatic carbocycles. The molecule has 1 saturated heterocycles. The van der Waals surface area contributed by atoms with Crippen molar-refractivity contribution in [3.63, 3.8) is 0 Å². The number of nitrogens with zero attached hydrogens (tertiary/aromatic N) is 2. The lowest BCUT2D eigenvalue weighted by Crippen LogP contribution is -2.28. The molecule has 116 valence electrons. The highest BCUT2D eigenvalue weighted by Gasteiger charge is 2.31. The van der Waals surface area contributed by atoms with Gasteiger partial charge < -0.3 is 9.15 Å². The summed E-state index contributed by atoms with van der Waals surface area (Å²) >= 11 is 7.53. The lowest BCUT2D eigenvalue weighted by molar-refractivity contribution is 0.0368. The van der Waals surface area contributed by atoms with Crippen molar-refractivity contribution in [3.05, 3.63) is 23.2 Å². The van der Waals surface area contributed by atoms with Gasteiger partial charge in [0.05, 0.1) is 11.5 Å². The molecule has 2 heterocycles. The SMILES string of the molecule is N#CC1(CCCSc2nc3cc(Cl)ccc3o2)CCOCC1. The molecule has 0 bridgehead atoms. The lowest BCUT2D eigenvalue weighted by atomic mass is 9.78. The van der Waals surface area contributed by atoms with Crippen LogP contribution in [0.15, 0.2) is 27.8 Å². The van der Waals surface area contributed by atoms with E-state index in [0.717, 1.165) is 42.5 Å². The van der Waals surface area contributed by atoms with Crippen LogP contribution in [-0.4, -0.2) is 24.0 Å². The molecule has 1 aliphatic heterocycles. The summed E-state index contributed by atoms with van der Waals surface area (Å²) in [5.41, 5.74) is 1.34. The Morgan fingerprint density at radius 1 is 1.36 bits per heavy atom. The third kappa shape index (κ3) is 3.57. The third-order valence-corrected chi connectivity index (χ3v) is 5.19. The van der Waals surface area contributed by atoms with Gasteiger partial charge in [0.2, 0.25) is 0 Å². The van der Waals surface area contributed by atoms with E-state index in [2.05, 4.69) is 11.1 Å². The monoisotopic (exact) mass is 336 g/mol. The zero-order chi connectivity index (χ0) is 15.4. The number of aromatic nitrogens is 1. The fraction of sp³-hybridized carbons (Fsp3) is 0.500. The summed E-state index contributed by atoms with van der Waals surface area (Å²) in [6, 6.07) is 7.94. The van der Waals surface area contributed by atoms with Crippen molar-refractivity contribution in [3.8, 4) is 6.07 Å². The number of hydrogen-bond donors (Lipinski definition) is 0. The smallest absolute Gasteiger partial charge is 0.256 e. The minimum absolute atomic E-state index is 0.201. The summed E-state index contributed by atoms with van der Waals surface area (Å²) in [5.74, 6) is 0.894. The second-order valence-corrected chi connectivity index (χ2v) is 7.03. The number of fused-ring (bicyclic) bond motifs is 1. The molecular formula is C16H17ClN2O2S. The molecule has 6 heteroatoms. The van der Waals surface area contributed by atoms with Crippen LogP contribution in [0, 0.1) is 16.7 Å². The van der Waals surface area contributed by atoms with Crippen molar-refractivity contribution >= 4 is 34.5 Å². The van der Waals surface area contributed by atoms with E-state index in [4.69, 9.17) is 20.8 Å². The molecule has 0 N–H and O–H groups in total. The van der Waals surface area contributed by atoms with Crippen LogP contribution in [0.25, 0.3) is 11.1 Å². The number of thioether (sulfide) groups is 1. The summed E-state index contributed by atoms with van der Waals surface area (Å²) in [7, 11) is 0. The maximum atomic E-state index is 9.42. The molecule has 0 spiro atoms. The highest BCUT2D eigenvalue weighted by Crippen LogP contribution is 2.35. The van der Waals surface area contributed by atoms with Crippen LogP contribution in [0.1, 0.15) is 25.7 Å². The van der Waals surface area contributed by atoms with Gasteiger partial charge >= 0.3 is 0 Å². The van der Waals surface area contributed by atoms with Gasteiger partial charge in [-0.3, -0.25) is 0 Å². The van der Waals surface area contributed by atoms with Gasteiger partial charge in [0.15, 0.2) is 5.58 Å². The van der Waals surface area contributed by atoms with Crippen LogP contribution < -0.4 is 0 Å². The third-order valence-electron chi connectivity index (χ3n) is 4.04. The maximum Gasteiger partial charge on any atom is 0.256 e. The molecule has 0 radical (unpaired) electrons. The molecule has 2 aromatic rings. The van der Waals surface area contributed by atoms with E-state index >= 15 is 0 Å². The highest BCUT2D eigenvalue weighted by atomic mass is 35.5. The van der Waals surface area contributed by atoms with Gasteiger partial charge in [-0.05, 0) is 43.9 Å². The predicted octanol–water partition coefficient (Wildman–Crippen LogP) is 4.67. The fourth-order valence-corrected chi connectivity index (χ4v) is 3.63. The Labute approximate surface area is 138 Å². The molecule has 4 nitrogen and oxygen atoms in total. The Kier molecular flexibility index (Phi) is 4.92. The van der Waals surface area contributed by atoms with Gasteiger partial charge in [0, 0.05) is 24.0 Å². The molecule has 0 saturated carbocycles. The van der Waals surface area contributed by atoms with Crippen molar-refractivity contribution in [2.75, 3.05) is 19.0 Å². The van der Waals surface area contributed by atoms with E-state index in [1.807, 2.05) is 6.07 Å². The zero-order valence-corrected chi connectivity index (χ0v) is 13.8. The number of ether oxygens (including phenoxy) is 1. The minimum atomic E-state index is -0.201. The molecule has 1 aromatic carbocycles. The summed E-state index contributed by atoms with van der Waals surface area (Å²) in [4.78, 5) is 4.42. The van der Waals surface area contributed by atoms with Crippen molar-refractivity contribution in [1.82, 2.24) is 4.98 Å². The molecule has 0 unspecified atom stereocenters. The molecule has 3 rings (SSSR count). The van der Waals surface area contributed by atoms with Crippen molar-refractivity contribution in [2.24, 2.45) is 5.41 Å². The summed E-state index contributed by atoms with van der Waals surface area (Å²) < 4.78 is 11.0. The summed E-state index contributed by atoms with van der Waals surface area (Å²) in [5, 5.41) is 10.7. The van der Waals surface area contributed by atoms with Gasteiger partial charge in [-0.1, -0.05) is 23.4 Å². The second kappa shape index (κ2) is 6.91. The standard InChI is InChI=1S/C16H17ClN2O2S/c17-12-2-3-14-13(10-12)19-15(21-14)22-9-1-4-16(11-18)5-7-20-8-6-16/h2-3,10H,1,4-9H2. The molecular weight excluding hydrogens is 320 g/mol. The van der Waals surface area contributed by atoms with Gasteiger partial charge in [-0.25, -0.2) is 4.98 Å². The average Bonchev–Trinajstić information content (AvgIpc) is 2.94. The largest absolute Gasteiger partial charge is 0.431 e. The van der Waals surface area contributed by atoms with E-state index in [0.29, 0.717) is 23.5 Å². The Bertz CT molecular complexity index is 689. The number of oxazole rings is 1. The molecule has 0 atom stereocenters. The Balaban J connectivity index is 1.52.